The van der Waals surface area contributed by atoms with Gasteiger partial charge in [0.15, 0.2) is 0 Å². The van der Waals surface area contributed by atoms with Gasteiger partial charge in [-0.25, -0.2) is 0 Å². The summed E-state index contributed by atoms with van der Waals surface area (Å²) in [6.45, 7) is 7.30. The van der Waals surface area contributed by atoms with Gasteiger partial charge in [-0.2, -0.15) is 0 Å². The van der Waals surface area contributed by atoms with E-state index in [2.05, 4.69) is 26.1 Å². The van der Waals surface area contributed by atoms with Crippen molar-refractivity contribution < 1.29 is 4.79 Å². The van der Waals surface area contributed by atoms with Gasteiger partial charge >= 0.3 is 0 Å². The quantitative estimate of drug-likeness (QED) is 0.876. The molecule has 1 aliphatic heterocycles. The number of nitrogens with zero attached hydrogens (tertiary/aromatic N) is 1. The number of rotatable bonds is 2. The molecule has 0 aliphatic carbocycles. The highest BCUT2D eigenvalue weighted by Gasteiger charge is 2.38. The zero-order valence-electron chi connectivity index (χ0n) is 11.5. The summed E-state index contributed by atoms with van der Waals surface area (Å²) < 4.78 is 0.977. The molecule has 3 N–H and O–H groups in total. The molecule has 1 aliphatic rings. The number of carbonyl (C=O) groups is 1. The third-order valence-corrected chi connectivity index (χ3v) is 4.27. The lowest BCUT2D eigenvalue weighted by Crippen LogP contribution is -2.62. The highest BCUT2D eigenvalue weighted by Crippen LogP contribution is 2.34. The first-order valence-corrected chi connectivity index (χ1v) is 7.24. The second kappa shape index (κ2) is 5.13. The summed E-state index contributed by atoms with van der Waals surface area (Å²) in [5.41, 5.74) is 7.45. The van der Waals surface area contributed by atoms with Crippen molar-refractivity contribution in [2.75, 3.05) is 18.0 Å². The van der Waals surface area contributed by atoms with Crippen LogP contribution in [0.25, 0.3) is 0 Å². The van der Waals surface area contributed by atoms with Gasteiger partial charge in [-0.1, -0.05) is 6.07 Å². The fraction of sp³-hybridized carbons (Fsp3) is 0.500. The maximum absolute atomic E-state index is 12.0. The number of halogens is 1. The molecule has 19 heavy (non-hydrogen) atoms. The summed E-state index contributed by atoms with van der Waals surface area (Å²) in [5, 5.41) is 2.91. The molecule has 1 amide bonds. The van der Waals surface area contributed by atoms with E-state index in [0.717, 1.165) is 22.3 Å². The van der Waals surface area contributed by atoms with Crippen LogP contribution in [0.15, 0.2) is 22.7 Å². The number of hydrogen-bond donors (Lipinski definition) is 2. The molecule has 0 radical (unpaired) electrons. The monoisotopic (exact) mass is 325 g/mol. The van der Waals surface area contributed by atoms with E-state index >= 15 is 0 Å². The fourth-order valence-corrected chi connectivity index (χ4v) is 2.96. The fourth-order valence-electron chi connectivity index (χ4n) is 2.35. The molecule has 1 saturated heterocycles. The number of hydrogen-bond acceptors (Lipinski definition) is 3. The molecule has 0 spiro atoms. The molecule has 0 bridgehead atoms. The zero-order chi connectivity index (χ0) is 14.2. The van der Waals surface area contributed by atoms with Crippen LogP contribution < -0.4 is 16.0 Å². The third-order valence-electron chi connectivity index (χ3n) is 3.64. The Morgan fingerprint density at radius 1 is 1.47 bits per heavy atom. The first-order valence-electron chi connectivity index (χ1n) is 6.45. The molecule has 1 heterocycles. The van der Waals surface area contributed by atoms with Crippen molar-refractivity contribution in [2.24, 2.45) is 5.73 Å². The number of amides is 1. The first-order chi connectivity index (χ1) is 8.84. The molecule has 1 aromatic rings. The number of piperazine rings is 1. The summed E-state index contributed by atoms with van der Waals surface area (Å²) in [5.74, 6) is 0.0573. The Morgan fingerprint density at radius 3 is 2.74 bits per heavy atom. The summed E-state index contributed by atoms with van der Waals surface area (Å²) in [4.78, 5) is 14.1. The van der Waals surface area contributed by atoms with Crippen molar-refractivity contribution in [3.8, 4) is 0 Å². The van der Waals surface area contributed by atoms with Crippen LogP contribution in [0.2, 0.25) is 0 Å². The lowest BCUT2D eigenvalue weighted by atomic mass is 9.97. The topological polar surface area (TPSA) is 58.4 Å². The van der Waals surface area contributed by atoms with Crippen LogP contribution in [0.4, 0.5) is 5.69 Å². The van der Waals surface area contributed by atoms with E-state index in [9.17, 15) is 4.79 Å². The standard InChI is InChI=1S/C14H20BrN3O/c1-9(16)10-4-5-12(11(15)8-10)18-7-6-17-13(19)14(18,2)3/h4-5,8-9H,6-7,16H2,1-3H3,(H,17,19)/t9-/m1/s1. The molecule has 4 nitrogen and oxygen atoms in total. The molecule has 5 heteroatoms. The predicted molar refractivity (Wildman–Crippen MR) is 81.2 cm³/mol. The minimum absolute atomic E-state index is 0.00279. The highest BCUT2D eigenvalue weighted by molar-refractivity contribution is 9.10. The van der Waals surface area contributed by atoms with Crippen molar-refractivity contribution in [3.63, 3.8) is 0 Å². The molecular weight excluding hydrogens is 306 g/mol. The molecule has 1 atom stereocenters. The van der Waals surface area contributed by atoms with Crippen molar-refractivity contribution in [1.29, 1.82) is 0 Å². The average Bonchev–Trinajstić information content (AvgIpc) is 2.33. The van der Waals surface area contributed by atoms with E-state index in [0.29, 0.717) is 6.54 Å². The molecule has 1 aromatic carbocycles. The van der Waals surface area contributed by atoms with E-state index in [1.54, 1.807) is 0 Å². The van der Waals surface area contributed by atoms with Crippen molar-refractivity contribution >= 4 is 27.5 Å². The normalized spacial score (nSPS) is 20.1. The lowest BCUT2D eigenvalue weighted by molar-refractivity contribution is -0.126. The van der Waals surface area contributed by atoms with Crippen LogP contribution in [0.1, 0.15) is 32.4 Å². The molecule has 2 rings (SSSR count). The maximum atomic E-state index is 12.0. The Kier molecular flexibility index (Phi) is 3.87. The lowest BCUT2D eigenvalue weighted by Gasteiger charge is -2.43. The van der Waals surface area contributed by atoms with Crippen LogP contribution in [0.5, 0.6) is 0 Å². The smallest absolute Gasteiger partial charge is 0.245 e. The van der Waals surface area contributed by atoms with Crippen molar-refractivity contribution in [2.45, 2.75) is 32.4 Å². The molecular formula is C14H20BrN3O. The van der Waals surface area contributed by atoms with Crippen LogP contribution in [-0.2, 0) is 4.79 Å². The van der Waals surface area contributed by atoms with Gasteiger partial charge < -0.3 is 16.0 Å². The third kappa shape index (κ3) is 2.62. The minimum atomic E-state index is -0.545. The van der Waals surface area contributed by atoms with Gasteiger partial charge in [0.05, 0.1) is 5.69 Å². The highest BCUT2D eigenvalue weighted by atomic mass is 79.9. The maximum Gasteiger partial charge on any atom is 0.245 e. The second-order valence-corrected chi connectivity index (χ2v) is 6.32. The number of nitrogens with two attached hydrogens (primary N) is 1. The molecule has 0 unspecified atom stereocenters. The van der Waals surface area contributed by atoms with Crippen LogP contribution in [0.3, 0.4) is 0 Å². The van der Waals surface area contributed by atoms with E-state index in [4.69, 9.17) is 5.73 Å². The van der Waals surface area contributed by atoms with Crippen LogP contribution >= 0.6 is 15.9 Å². The van der Waals surface area contributed by atoms with Gasteiger partial charge in [-0.15, -0.1) is 0 Å². The number of anilines is 1. The number of benzene rings is 1. The molecule has 1 fully saturated rings. The van der Waals surface area contributed by atoms with E-state index in [1.807, 2.05) is 39.0 Å². The van der Waals surface area contributed by atoms with E-state index in [-0.39, 0.29) is 11.9 Å². The SMILES string of the molecule is C[C@@H](N)c1ccc(N2CCNC(=O)C2(C)C)c(Br)c1. The molecule has 0 aromatic heterocycles. The second-order valence-electron chi connectivity index (χ2n) is 5.47. The first kappa shape index (κ1) is 14.3. The van der Waals surface area contributed by atoms with Crippen molar-refractivity contribution in [1.82, 2.24) is 5.32 Å². The predicted octanol–water partition coefficient (Wildman–Crippen LogP) is 2.18. The zero-order valence-corrected chi connectivity index (χ0v) is 13.1. The van der Waals surface area contributed by atoms with Crippen LogP contribution in [-0.4, -0.2) is 24.5 Å². The van der Waals surface area contributed by atoms with Gasteiger partial charge in [-0.05, 0) is 54.4 Å². The largest absolute Gasteiger partial charge is 0.355 e. The van der Waals surface area contributed by atoms with Gasteiger partial charge in [0.1, 0.15) is 5.54 Å². The summed E-state index contributed by atoms with van der Waals surface area (Å²) in [6.07, 6.45) is 0. The average molecular weight is 326 g/mol. The van der Waals surface area contributed by atoms with Gasteiger partial charge in [-0.3, -0.25) is 4.79 Å². The Morgan fingerprint density at radius 2 is 2.16 bits per heavy atom. The van der Waals surface area contributed by atoms with Gasteiger partial charge in [0, 0.05) is 23.6 Å². The molecule has 104 valence electrons. The Bertz CT molecular complexity index is 499. The Balaban J connectivity index is 2.38. The molecule has 0 saturated carbocycles. The van der Waals surface area contributed by atoms with E-state index < -0.39 is 5.54 Å². The minimum Gasteiger partial charge on any atom is -0.355 e. The number of carbonyl (C=O) groups excluding carboxylic acids is 1. The summed E-state index contributed by atoms with van der Waals surface area (Å²) in [7, 11) is 0. The summed E-state index contributed by atoms with van der Waals surface area (Å²) in [6, 6.07) is 6.09. The van der Waals surface area contributed by atoms with Gasteiger partial charge in [0.2, 0.25) is 5.91 Å². The number of nitrogens with one attached hydrogen (secondary N) is 1. The summed E-state index contributed by atoms with van der Waals surface area (Å²) >= 11 is 3.59. The van der Waals surface area contributed by atoms with Crippen molar-refractivity contribution in [3.05, 3.63) is 28.2 Å². The van der Waals surface area contributed by atoms with Gasteiger partial charge in [0.25, 0.3) is 0 Å². The van der Waals surface area contributed by atoms with Crippen LogP contribution in [0, 0.1) is 0 Å². The van der Waals surface area contributed by atoms with E-state index in [1.165, 1.54) is 0 Å². The Labute approximate surface area is 122 Å². The Hall–Kier alpha value is -1.07.